The average molecular weight is 288 g/mol. The number of nitrogens with one attached hydrogen (secondary N) is 2. The third kappa shape index (κ3) is 3.02. The van der Waals surface area contributed by atoms with Crippen molar-refractivity contribution in [3.05, 3.63) is 29.9 Å². The number of carbonyl (C=O) groups excluding carboxylic acids is 1. The fourth-order valence-corrected chi connectivity index (χ4v) is 2.98. The maximum Gasteiger partial charge on any atom is 0.243 e. The van der Waals surface area contributed by atoms with Crippen molar-refractivity contribution >= 4 is 22.4 Å². The number of nitrogens with zero attached hydrogens (tertiary/aromatic N) is 2. The van der Waals surface area contributed by atoms with Crippen LogP contribution in [0.3, 0.4) is 0 Å². The van der Waals surface area contributed by atoms with Crippen LogP contribution in [0.2, 0.25) is 0 Å². The van der Waals surface area contributed by atoms with Gasteiger partial charge in [0.15, 0.2) is 5.13 Å². The molecule has 1 aliphatic heterocycles. The standard InChI is InChI=1S/C14H16N4OS/c19-13(11-3-1-2-6-16-11)18-14-17-12(9-20-14)10-4-7-15-8-5-10/h4-5,7-9,11,16H,1-3,6H2,(H,17,18,19). The van der Waals surface area contributed by atoms with Crippen molar-refractivity contribution in [1.82, 2.24) is 15.3 Å². The third-order valence-corrected chi connectivity index (χ3v) is 4.09. The van der Waals surface area contributed by atoms with Gasteiger partial charge in [0, 0.05) is 23.3 Å². The smallest absolute Gasteiger partial charge is 0.243 e. The first kappa shape index (κ1) is 13.2. The van der Waals surface area contributed by atoms with Gasteiger partial charge in [-0.1, -0.05) is 6.42 Å². The van der Waals surface area contributed by atoms with Crippen LogP contribution < -0.4 is 10.6 Å². The molecule has 2 N–H and O–H groups in total. The normalized spacial score (nSPS) is 18.7. The van der Waals surface area contributed by atoms with Crippen molar-refractivity contribution in [3.8, 4) is 11.3 Å². The zero-order valence-corrected chi connectivity index (χ0v) is 11.8. The summed E-state index contributed by atoms with van der Waals surface area (Å²) in [6.07, 6.45) is 6.62. The van der Waals surface area contributed by atoms with Crippen molar-refractivity contribution in [2.75, 3.05) is 11.9 Å². The highest BCUT2D eigenvalue weighted by molar-refractivity contribution is 7.14. The van der Waals surface area contributed by atoms with Crippen LogP contribution in [0.15, 0.2) is 29.9 Å². The lowest BCUT2D eigenvalue weighted by Crippen LogP contribution is -2.43. The van der Waals surface area contributed by atoms with E-state index in [1.165, 1.54) is 11.3 Å². The van der Waals surface area contributed by atoms with Crippen LogP contribution >= 0.6 is 11.3 Å². The molecular weight excluding hydrogens is 272 g/mol. The van der Waals surface area contributed by atoms with Crippen molar-refractivity contribution in [2.24, 2.45) is 0 Å². The molecule has 1 amide bonds. The van der Waals surface area contributed by atoms with Crippen LogP contribution in [0.1, 0.15) is 19.3 Å². The second-order valence-corrected chi connectivity index (χ2v) is 5.62. The van der Waals surface area contributed by atoms with Crippen molar-refractivity contribution in [3.63, 3.8) is 0 Å². The van der Waals surface area contributed by atoms with Crippen molar-refractivity contribution in [1.29, 1.82) is 0 Å². The quantitative estimate of drug-likeness (QED) is 0.909. The molecule has 3 rings (SSSR count). The number of hydrogen-bond acceptors (Lipinski definition) is 5. The third-order valence-electron chi connectivity index (χ3n) is 3.34. The van der Waals surface area contributed by atoms with Crippen LogP contribution in [-0.2, 0) is 4.79 Å². The van der Waals surface area contributed by atoms with Gasteiger partial charge in [0.05, 0.1) is 11.7 Å². The van der Waals surface area contributed by atoms with E-state index >= 15 is 0 Å². The average Bonchev–Trinajstić information content (AvgIpc) is 2.97. The van der Waals surface area contributed by atoms with Gasteiger partial charge in [0.2, 0.25) is 5.91 Å². The molecule has 5 nitrogen and oxygen atoms in total. The monoisotopic (exact) mass is 288 g/mol. The van der Waals surface area contributed by atoms with Crippen LogP contribution in [-0.4, -0.2) is 28.5 Å². The second kappa shape index (κ2) is 6.11. The summed E-state index contributed by atoms with van der Waals surface area (Å²) in [7, 11) is 0. The first-order chi connectivity index (χ1) is 9.83. The molecule has 104 valence electrons. The number of aromatic nitrogens is 2. The zero-order chi connectivity index (χ0) is 13.8. The van der Waals surface area contributed by atoms with Gasteiger partial charge in [-0.15, -0.1) is 11.3 Å². The predicted octanol–water partition coefficient (Wildman–Crippen LogP) is 2.29. The summed E-state index contributed by atoms with van der Waals surface area (Å²) in [5, 5.41) is 8.72. The van der Waals surface area contributed by atoms with Gasteiger partial charge >= 0.3 is 0 Å². The molecule has 20 heavy (non-hydrogen) atoms. The summed E-state index contributed by atoms with van der Waals surface area (Å²) < 4.78 is 0. The van der Waals surface area contributed by atoms with Gasteiger partial charge in [0.25, 0.3) is 0 Å². The molecule has 2 aromatic heterocycles. The zero-order valence-electron chi connectivity index (χ0n) is 11.0. The first-order valence-electron chi connectivity index (χ1n) is 6.73. The van der Waals surface area contributed by atoms with E-state index in [0.717, 1.165) is 37.1 Å². The number of pyridine rings is 1. The van der Waals surface area contributed by atoms with Crippen LogP contribution in [0.4, 0.5) is 5.13 Å². The van der Waals surface area contributed by atoms with E-state index in [1.807, 2.05) is 17.5 Å². The summed E-state index contributed by atoms with van der Waals surface area (Å²) in [4.78, 5) is 20.5. The highest BCUT2D eigenvalue weighted by atomic mass is 32.1. The molecule has 1 fully saturated rings. The minimum absolute atomic E-state index is 0.0142. The molecule has 6 heteroatoms. The summed E-state index contributed by atoms with van der Waals surface area (Å²) in [6, 6.07) is 3.73. The van der Waals surface area contributed by atoms with Crippen molar-refractivity contribution < 1.29 is 4.79 Å². The highest BCUT2D eigenvalue weighted by Gasteiger charge is 2.21. The fourth-order valence-electron chi connectivity index (χ4n) is 2.25. The topological polar surface area (TPSA) is 66.9 Å². The van der Waals surface area contributed by atoms with Gasteiger partial charge in [-0.25, -0.2) is 4.98 Å². The number of hydrogen-bond donors (Lipinski definition) is 2. The van der Waals surface area contributed by atoms with Gasteiger partial charge in [-0.3, -0.25) is 9.78 Å². The Morgan fingerprint density at radius 2 is 2.20 bits per heavy atom. The van der Waals surface area contributed by atoms with Crippen LogP contribution in [0, 0.1) is 0 Å². The molecule has 1 saturated heterocycles. The second-order valence-electron chi connectivity index (χ2n) is 4.77. The lowest BCUT2D eigenvalue weighted by Gasteiger charge is -2.21. The summed E-state index contributed by atoms with van der Waals surface area (Å²) in [6.45, 7) is 0.915. The number of anilines is 1. The summed E-state index contributed by atoms with van der Waals surface area (Å²) in [5.74, 6) is 0.0142. The Balaban J connectivity index is 1.66. The fraction of sp³-hybridized carbons (Fsp3) is 0.357. The Morgan fingerprint density at radius 3 is 2.95 bits per heavy atom. The molecule has 0 aliphatic carbocycles. The molecule has 0 radical (unpaired) electrons. The number of rotatable bonds is 3. The van der Waals surface area contributed by atoms with Crippen LogP contribution in [0.5, 0.6) is 0 Å². The SMILES string of the molecule is O=C(Nc1nc(-c2ccncc2)cs1)C1CCCCN1. The first-order valence-corrected chi connectivity index (χ1v) is 7.61. The molecule has 0 spiro atoms. The van der Waals surface area contributed by atoms with Gasteiger partial charge in [-0.05, 0) is 31.5 Å². The maximum absolute atomic E-state index is 12.1. The molecule has 0 saturated carbocycles. The maximum atomic E-state index is 12.1. The molecule has 2 aromatic rings. The Morgan fingerprint density at radius 1 is 1.35 bits per heavy atom. The Labute approximate surface area is 121 Å². The minimum Gasteiger partial charge on any atom is -0.306 e. The molecule has 0 aromatic carbocycles. The number of amides is 1. The largest absolute Gasteiger partial charge is 0.306 e. The van der Waals surface area contributed by atoms with E-state index < -0.39 is 0 Å². The predicted molar refractivity (Wildman–Crippen MR) is 79.6 cm³/mol. The highest BCUT2D eigenvalue weighted by Crippen LogP contribution is 2.24. The Hall–Kier alpha value is -1.79. The van der Waals surface area contributed by atoms with Gasteiger partial charge < -0.3 is 10.6 Å². The summed E-state index contributed by atoms with van der Waals surface area (Å²) >= 11 is 1.45. The van der Waals surface area contributed by atoms with E-state index in [4.69, 9.17) is 0 Å². The Bertz CT molecular complexity index is 578. The summed E-state index contributed by atoms with van der Waals surface area (Å²) in [5.41, 5.74) is 1.87. The van der Waals surface area contributed by atoms with Gasteiger partial charge in [-0.2, -0.15) is 0 Å². The molecule has 1 atom stereocenters. The lowest BCUT2D eigenvalue weighted by molar-refractivity contribution is -0.118. The van der Waals surface area contributed by atoms with Crippen LogP contribution in [0.25, 0.3) is 11.3 Å². The van der Waals surface area contributed by atoms with E-state index in [9.17, 15) is 4.79 Å². The lowest BCUT2D eigenvalue weighted by atomic mass is 10.0. The van der Waals surface area contributed by atoms with Crippen molar-refractivity contribution in [2.45, 2.75) is 25.3 Å². The van der Waals surface area contributed by atoms with E-state index in [1.54, 1.807) is 12.4 Å². The molecule has 1 aliphatic rings. The number of piperidine rings is 1. The Kier molecular flexibility index (Phi) is 4.03. The van der Waals surface area contributed by atoms with E-state index in [0.29, 0.717) is 5.13 Å². The molecular formula is C14H16N4OS. The number of thiazole rings is 1. The molecule has 0 bridgehead atoms. The minimum atomic E-state index is -0.0861. The van der Waals surface area contributed by atoms with E-state index in [-0.39, 0.29) is 11.9 Å². The molecule has 3 heterocycles. The van der Waals surface area contributed by atoms with Gasteiger partial charge in [0.1, 0.15) is 0 Å². The van der Waals surface area contributed by atoms with E-state index in [2.05, 4.69) is 20.6 Å². The molecule has 1 unspecified atom stereocenters. The number of carbonyl (C=O) groups is 1.